The number of hydrogen-bond donors (Lipinski definition) is 0. The zero-order valence-electron chi connectivity index (χ0n) is 12.4. The Bertz CT molecular complexity index is 542. The summed E-state index contributed by atoms with van der Waals surface area (Å²) < 4.78 is 0. The van der Waals surface area contributed by atoms with E-state index in [-0.39, 0.29) is 0 Å². The van der Waals surface area contributed by atoms with Crippen LogP contribution >= 0.6 is 0 Å². The molecule has 1 saturated heterocycles. The molecule has 2 heterocycles. The maximum Gasteiger partial charge on any atom is 0.0312 e. The minimum atomic E-state index is 1.01. The highest BCUT2D eigenvalue weighted by Gasteiger charge is 2.16. The van der Waals surface area contributed by atoms with E-state index >= 15 is 0 Å². The lowest BCUT2D eigenvalue weighted by atomic mass is 10.1. The summed E-state index contributed by atoms with van der Waals surface area (Å²) in [5.41, 5.74) is 3.76. The molecule has 1 aliphatic heterocycles. The molecule has 1 fully saturated rings. The van der Waals surface area contributed by atoms with Crippen LogP contribution < -0.4 is 0 Å². The van der Waals surface area contributed by atoms with Crippen LogP contribution in [0.4, 0.5) is 0 Å². The van der Waals surface area contributed by atoms with E-state index < -0.39 is 0 Å². The summed E-state index contributed by atoms with van der Waals surface area (Å²) >= 11 is 0. The van der Waals surface area contributed by atoms with E-state index in [9.17, 15) is 0 Å². The lowest BCUT2D eigenvalue weighted by Crippen LogP contribution is -2.45. The topological polar surface area (TPSA) is 19.4 Å². The van der Waals surface area contributed by atoms with Crippen LogP contribution in [0.15, 0.2) is 48.8 Å². The van der Waals surface area contributed by atoms with E-state index in [2.05, 4.69) is 52.0 Å². The van der Waals surface area contributed by atoms with Crippen molar-refractivity contribution in [3.63, 3.8) is 0 Å². The van der Waals surface area contributed by atoms with E-state index in [1.54, 1.807) is 0 Å². The molecular weight excluding hydrogens is 258 g/mol. The minimum Gasteiger partial charge on any atom is -0.297 e. The monoisotopic (exact) mass is 280 g/mol. The van der Waals surface area contributed by atoms with E-state index in [1.165, 1.54) is 11.1 Å². The molecule has 0 unspecified atom stereocenters. The van der Waals surface area contributed by atoms with Crippen LogP contribution in [0.3, 0.4) is 0 Å². The minimum absolute atomic E-state index is 1.01. The molecule has 2 aromatic rings. The summed E-state index contributed by atoms with van der Waals surface area (Å²) in [6.07, 6.45) is 3.80. The maximum absolute atomic E-state index is 4.19. The van der Waals surface area contributed by atoms with E-state index in [1.807, 2.05) is 18.5 Å². The van der Waals surface area contributed by atoms with Crippen LogP contribution in [0.5, 0.6) is 0 Å². The van der Waals surface area contributed by atoms with Gasteiger partial charge in [0, 0.05) is 51.7 Å². The predicted molar refractivity (Wildman–Crippen MR) is 85.7 cm³/mol. The highest BCUT2D eigenvalue weighted by Crippen LogP contribution is 2.11. The summed E-state index contributed by atoms with van der Waals surface area (Å²) in [7, 11) is 0. The summed E-state index contributed by atoms with van der Waals surface area (Å²) in [5, 5.41) is 0. The Labute approximate surface area is 127 Å². The Morgan fingerprint density at radius 1 is 0.857 bits per heavy atom. The normalized spacial score (nSPS) is 17.0. The molecule has 3 rings (SSSR count). The molecule has 0 N–H and O–H groups in total. The molecule has 0 spiro atoms. The molecule has 109 valence electrons. The third-order valence-corrected chi connectivity index (χ3v) is 4.02. The Morgan fingerprint density at radius 2 is 1.48 bits per heavy atom. The van der Waals surface area contributed by atoms with Crippen molar-refractivity contribution in [3.8, 4) is 0 Å². The molecule has 0 atom stereocenters. The quantitative estimate of drug-likeness (QED) is 0.858. The number of pyridine rings is 1. The Hall–Kier alpha value is -1.71. The van der Waals surface area contributed by atoms with Crippen molar-refractivity contribution >= 4 is 0 Å². The molecular formula is C18H22N3. The third kappa shape index (κ3) is 4.13. The number of hydrogen-bond acceptors (Lipinski definition) is 3. The molecule has 1 aromatic carbocycles. The first-order chi connectivity index (χ1) is 10.3. The van der Waals surface area contributed by atoms with Gasteiger partial charge < -0.3 is 0 Å². The van der Waals surface area contributed by atoms with Crippen LogP contribution in [0.2, 0.25) is 0 Å². The summed E-state index contributed by atoms with van der Waals surface area (Å²) in [6, 6.07) is 12.7. The van der Waals surface area contributed by atoms with Gasteiger partial charge in [0.25, 0.3) is 0 Å². The smallest absolute Gasteiger partial charge is 0.0312 e. The average molecular weight is 280 g/mol. The molecule has 1 aromatic heterocycles. The Kier molecular flexibility index (Phi) is 4.63. The summed E-state index contributed by atoms with van der Waals surface area (Å²) in [5.74, 6) is 0. The molecule has 1 aliphatic rings. The van der Waals surface area contributed by atoms with Gasteiger partial charge in [0.2, 0.25) is 0 Å². The molecule has 1 radical (unpaired) electrons. The summed E-state index contributed by atoms with van der Waals surface area (Å²) in [4.78, 5) is 9.22. The number of piperazine rings is 1. The lowest BCUT2D eigenvalue weighted by molar-refractivity contribution is 0.122. The van der Waals surface area contributed by atoms with Crippen molar-refractivity contribution in [2.75, 3.05) is 26.2 Å². The van der Waals surface area contributed by atoms with Gasteiger partial charge in [-0.25, -0.2) is 0 Å². The second kappa shape index (κ2) is 6.83. The second-order valence-electron chi connectivity index (χ2n) is 5.73. The maximum atomic E-state index is 4.19. The van der Waals surface area contributed by atoms with Crippen molar-refractivity contribution in [2.45, 2.75) is 13.1 Å². The highest BCUT2D eigenvalue weighted by atomic mass is 15.3. The number of rotatable bonds is 4. The van der Waals surface area contributed by atoms with Crippen LogP contribution in [0, 0.1) is 6.92 Å². The lowest BCUT2D eigenvalue weighted by Gasteiger charge is -2.34. The van der Waals surface area contributed by atoms with Gasteiger partial charge in [-0.1, -0.05) is 30.3 Å². The van der Waals surface area contributed by atoms with Gasteiger partial charge in [0.1, 0.15) is 0 Å². The van der Waals surface area contributed by atoms with Crippen LogP contribution in [-0.2, 0) is 13.1 Å². The van der Waals surface area contributed by atoms with Gasteiger partial charge in [-0.05, 0) is 29.7 Å². The molecule has 0 amide bonds. The van der Waals surface area contributed by atoms with Gasteiger partial charge in [-0.15, -0.1) is 0 Å². The summed E-state index contributed by atoms with van der Waals surface area (Å²) in [6.45, 7) is 10.5. The van der Waals surface area contributed by atoms with Gasteiger partial charge in [0.05, 0.1) is 0 Å². The number of aromatic nitrogens is 1. The van der Waals surface area contributed by atoms with Gasteiger partial charge in [-0.2, -0.15) is 0 Å². The first-order valence-electron chi connectivity index (χ1n) is 7.54. The molecule has 0 bridgehead atoms. The SMILES string of the molecule is [CH2]c1ccc(CN2CCN(Cc3cccnc3)CC2)cc1. The Morgan fingerprint density at radius 3 is 2.05 bits per heavy atom. The number of benzene rings is 1. The third-order valence-electron chi connectivity index (χ3n) is 4.02. The molecule has 3 nitrogen and oxygen atoms in total. The van der Waals surface area contributed by atoms with Crippen molar-refractivity contribution in [1.82, 2.24) is 14.8 Å². The first kappa shape index (κ1) is 14.2. The van der Waals surface area contributed by atoms with Crippen molar-refractivity contribution in [1.29, 1.82) is 0 Å². The molecule has 3 heteroatoms. The van der Waals surface area contributed by atoms with Crippen molar-refractivity contribution < 1.29 is 0 Å². The highest BCUT2D eigenvalue weighted by molar-refractivity contribution is 5.24. The fraction of sp³-hybridized carbons (Fsp3) is 0.333. The fourth-order valence-electron chi connectivity index (χ4n) is 2.76. The second-order valence-corrected chi connectivity index (χ2v) is 5.73. The fourth-order valence-corrected chi connectivity index (χ4v) is 2.76. The van der Waals surface area contributed by atoms with Crippen LogP contribution in [0.1, 0.15) is 16.7 Å². The van der Waals surface area contributed by atoms with E-state index in [4.69, 9.17) is 0 Å². The molecule has 0 saturated carbocycles. The van der Waals surface area contributed by atoms with E-state index in [0.29, 0.717) is 0 Å². The zero-order chi connectivity index (χ0) is 14.5. The van der Waals surface area contributed by atoms with Crippen LogP contribution in [-0.4, -0.2) is 41.0 Å². The van der Waals surface area contributed by atoms with Gasteiger partial charge >= 0.3 is 0 Å². The van der Waals surface area contributed by atoms with Crippen molar-refractivity contribution in [2.24, 2.45) is 0 Å². The first-order valence-corrected chi connectivity index (χ1v) is 7.54. The van der Waals surface area contributed by atoms with Gasteiger partial charge in [0.15, 0.2) is 0 Å². The molecule has 21 heavy (non-hydrogen) atoms. The Balaban J connectivity index is 1.47. The largest absolute Gasteiger partial charge is 0.297 e. The van der Waals surface area contributed by atoms with Gasteiger partial charge in [-0.3, -0.25) is 14.8 Å². The molecule has 0 aliphatic carbocycles. The van der Waals surface area contributed by atoms with Crippen molar-refractivity contribution in [3.05, 3.63) is 72.4 Å². The van der Waals surface area contributed by atoms with E-state index in [0.717, 1.165) is 44.8 Å². The predicted octanol–water partition coefficient (Wildman–Crippen LogP) is 2.58. The van der Waals surface area contributed by atoms with Crippen LogP contribution in [0.25, 0.3) is 0 Å². The number of nitrogens with zero attached hydrogens (tertiary/aromatic N) is 3. The standard InChI is InChI=1S/C18H22N3/c1-16-4-6-17(7-5-16)14-20-9-11-21(12-10-20)15-18-3-2-8-19-13-18/h2-8,13H,1,9-12,14-15H2. The zero-order valence-corrected chi connectivity index (χ0v) is 12.4. The average Bonchev–Trinajstić information content (AvgIpc) is 2.53.